The van der Waals surface area contributed by atoms with Crippen LogP contribution in [-0.2, 0) is 10.0 Å². The lowest BCUT2D eigenvalue weighted by Crippen LogP contribution is -2.38. The number of rotatable bonds is 9. The van der Waals surface area contributed by atoms with Gasteiger partial charge in [0.25, 0.3) is 5.91 Å². The van der Waals surface area contributed by atoms with Gasteiger partial charge in [-0.1, -0.05) is 42.9 Å². The van der Waals surface area contributed by atoms with E-state index in [1.54, 1.807) is 23.1 Å². The SMILES string of the molecule is CCN(CC)CCN(C(=O)c1ccc(S(=O)(=O)N2CCCC2)cc1)c1nc2c(Cl)cccc2s1.Cl. The van der Waals surface area contributed by atoms with Gasteiger partial charge < -0.3 is 4.90 Å². The Bertz CT molecular complexity index is 1260. The summed E-state index contributed by atoms with van der Waals surface area (Å²) in [6.07, 6.45) is 1.76. The van der Waals surface area contributed by atoms with Crippen LogP contribution in [0.25, 0.3) is 10.2 Å². The molecule has 0 unspecified atom stereocenters. The molecule has 2 heterocycles. The van der Waals surface area contributed by atoms with E-state index in [1.165, 1.54) is 27.8 Å². The van der Waals surface area contributed by atoms with Gasteiger partial charge in [-0.15, -0.1) is 12.4 Å². The molecule has 4 rings (SSSR count). The first-order chi connectivity index (χ1) is 16.3. The third kappa shape index (κ3) is 5.98. The number of fused-ring (bicyclic) bond motifs is 1. The molecular formula is C24H30Cl2N4O3S2. The number of anilines is 1. The highest BCUT2D eigenvalue weighted by molar-refractivity contribution is 7.89. The van der Waals surface area contributed by atoms with Gasteiger partial charge in [0, 0.05) is 31.7 Å². The summed E-state index contributed by atoms with van der Waals surface area (Å²) in [5, 5.41) is 1.13. The predicted molar refractivity (Wildman–Crippen MR) is 146 cm³/mol. The molecule has 1 aromatic heterocycles. The van der Waals surface area contributed by atoms with Gasteiger partial charge >= 0.3 is 0 Å². The largest absolute Gasteiger partial charge is 0.302 e. The van der Waals surface area contributed by atoms with Crippen LogP contribution in [0, 0.1) is 0 Å². The molecule has 2 aromatic carbocycles. The smallest absolute Gasteiger partial charge is 0.260 e. The maximum Gasteiger partial charge on any atom is 0.260 e. The van der Waals surface area contributed by atoms with Crippen LogP contribution in [0.4, 0.5) is 5.13 Å². The van der Waals surface area contributed by atoms with Crippen molar-refractivity contribution in [1.82, 2.24) is 14.2 Å². The molecule has 1 aliphatic rings. The minimum absolute atomic E-state index is 0. The maximum absolute atomic E-state index is 13.6. The van der Waals surface area contributed by atoms with Crippen LogP contribution in [0.1, 0.15) is 37.0 Å². The van der Waals surface area contributed by atoms with Crippen molar-refractivity contribution in [3.63, 3.8) is 0 Å². The van der Waals surface area contributed by atoms with Crippen LogP contribution in [0.5, 0.6) is 0 Å². The topological polar surface area (TPSA) is 73.8 Å². The van der Waals surface area contributed by atoms with Crippen molar-refractivity contribution >= 4 is 66.6 Å². The number of hydrogen-bond donors (Lipinski definition) is 0. The van der Waals surface area contributed by atoms with E-state index in [2.05, 4.69) is 23.7 Å². The Morgan fingerprint density at radius 2 is 1.71 bits per heavy atom. The molecule has 1 amide bonds. The zero-order valence-corrected chi connectivity index (χ0v) is 23.0. The average molecular weight is 558 g/mol. The number of para-hydroxylation sites is 1. The Hall–Kier alpha value is -1.75. The van der Waals surface area contributed by atoms with Crippen molar-refractivity contribution < 1.29 is 13.2 Å². The molecule has 0 bridgehead atoms. The van der Waals surface area contributed by atoms with Crippen molar-refractivity contribution in [3.8, 4) is 0 Å². The molecule has 1 aliphatic heterocycles. The van der Waals surface area contributed by atoms with Crippen LogP contribution in [0.2, 0.25) is 5.02 Å². The van der Waals surface area contributed by atoms with E-state index in [4.69, 9.17) is 11.6 Å². The summed E-state index contributed by atoms with van der Waals surface area (Å²) in [6, 6.07) is 11.8. The second-order valence-corrected chi connectivity index (χ2v) is 11.6. The van der Waals surface area contributed by atoms with Crippen molar-refractivity contribution in [2.45, 2.75) is 31.6 Å². The third-order valence-corrected chi connectivity index (χ3v) is 9.43. The monoisotopic (exact) mass is 556 g/mol. The lowest BCUT2D eigenvalue weighted by Gasteiger charge is -2.25. The summed E-state index contributed by atoms with van der Waals surface area (Å²) in [5.41, 5.74) is 1.10. The van der Waals surface area contributed by atoms with E-state index < -0.39 is 10.0 Å². The number of aromatic nitrogens is 1. The molecule has 0 atom stereocenters. The van der Waals surface area contributed by atoms with Crippen LogP contribution >= 0.6 is 35.3 Å². The summed E-state index contributed by atoms with van der Waals surface area (Å²) >= 11 is 7.75. The van der Waals surface area contributed by atoms with Crippen molar-refractivity contribution in [1.29, 1.82) is 0 Å². The molecule has 1 saturated heterocycles. The quantitative estimate of drug-likeness (QED) is 0.364. The first kappa shape index (κ1) is 27.8. The average Bonchev–Trinajstić information content (AvgIpc) is 3.53. The Labute approximate surface area is 222 Å². The van der Waals surface area contributed by atoms with E-state index in [0.29, 0.717) is 47.4 Å². The number of sulfonamides is 1. The fourth-order valence-electron chi connectivity index (χ4n) is 4.09. The number of halogens is 2. The minimum atomic E-state index is -3.53. The summed E-state index contributed by atoms with van der Waals surface area (Å²) in [5.74, 6) is -0.215. The maximum atomic E-state index is 13.6. The van der Waals surface area contributed by atoms with Gasteiger partial charge in [-0.05, 0) is 62.3 Å². The van der Waals surface area contributed by atoms with Crippen molar-refractivity contribution in [2.75, 3.05) is 44.2 Å². The third-order valence-electron chi connectivity index (χ3n) is 6.17. The Morgan fingerprint density at radius 1 is 1.06 bits per heavy atom. The van der Waals surface area contributed by atoms with Crippen molar-refractivity contribution in [3.05, 3.63) is 53.1 Å². The Kier molecular flexibility index (Phi) is 9.53. The Balaban J connectivity index is 0.00000342. The number of hydrogen-bond acceptors (Lipinski definition) is 6. The fraction of sp³-hybridized carbons (Fsp3) is 0.417. The van der Waals surface area contributed by atoms with E-state index in [0.717, 1.165) is 30.6 Å². The van der Waals surface area contributed by atoms with Crippen LogP contribution < -0.4 is 4.90 Å². The molecule has 7 nitrogen and oxygen atoms in total. The first-order valence-corrected chi connectivity index (χ1v) is 14.2. The normalized spacial score (nSPS) is 14.4. The molecule has 190 valence electrons. The van der Waals surface area contributed by atoms with Gasteiger partial charge in [-0.25, -0.2) is 13.4 Å². The van der Waals surface area contributed by atoms with E-state index in [-0.39, 0.29) is 23.2 Å². The van der Waals surface area contributed by atoms with E-state index in [1.807, 2.05) is 12.1 Å². The highest BCUT2D eigenvalue weighted by atomic mass is 35.5. The molecule has 0 radical (unpaired) electrons. The number of likely N-dealkylation sites (N-methyl/N-ethyl adjacent to an activating group) is 1. The standard InChI is InChI=1S/C24H29ClN4O3S2.ClH/c1-3-27(4-2)16-17-29(24-26-22-20(25)8-7-9-21(22)33-24)23(30)18-10-12-19(13-11-18)34(31,32)28-14-5-6-15-28;/h7-13H,3-6,14-17H2,1-2H3;1H. The van der Waals surface area contributed by atoms with Gasteiger partial charge in [-0.3, -0.25) is 9.69 Å². The van der Waals surface area contributed by atoms with Gasteiger partial charge in [0.15, 0.2) is 5.13 Å². The number of thiazole rings is 1. The second-order valence-electron chi connectivity index (χ2n) is 8.20. The number of carbonyl (C=O) groups is 1. The second kappa shape index (κ2) is 12.0. The predicted octanol–water partition coefficient (Wildman–Crippen LogP) is 5.14. The molecule has 0 N–H and O–H groups in total. The number of benzene rings is 2. The van der Waals surface area contributed by atoms with Gasteiger partial charge in [0.2, 0.25) is 10.0 Å². The molecule has 3 aromatic rings. The zero-order valence-electron chi connectivity index (χ0n) is 19.8. The highest BCUT2D eigenvalue weighted by Gasteiger charge is 2.28. The van der Waals surface area contributed by atoms with Crippen molar-refractivity contribution in [2.24, 2.45) is 0 Å². The van der Waals surface area contributed by atoms with Gasteiger partial charge in [-0.2, -0.15) is 4.31 Å². The summed E-state index contributed by atoms with van der Waals surface area (Å²) in [6.45, 7) is 8.19. The summed E-state index contributed by atoms with van der Waals surface area (Å²) < 4.78 is 28.1. The first-order valence-electron chi connectivity index (χ1n) is 11.5. The number of nitrogens with zero attached hydrogens (tertiary/aromatic N) is 4. The molecule has 35 heavy (non-hydrogen) atoms. The fourth-order valence-corrected chi connectivity index (χ4v) is 6.89. The molecule has 1 fully saturated rings. The van der Waals surface area contributed by atoms with E-state index in [9.17, 15) is 13.2 Å². The van der Waals surface area contributed by atoms with E-state index >= 15 is 0 Å². The number of carbonyl (C=O) groups excluding carboxylic acids is 1. The molecule has 11 heteroatoms. The Morgan fingerprint density at radius 3 is 2.31 bits per heavy atom. The number of amides is 1. The lowest BCUT2D eigenvalue weighted by atomic mass is 10.2. The molecule has 0 saturated carbocycles. The highest BCUT2D eigenvalue weighted by Crippen LogP contribution is 2.33. The summed E-state index contributed by atoms with van der Waals surface area (Å²) in [4.78, 5) is 22.4. The van der Waals surface area contributed by atoms with Gasteiger partial charge in [0.05, 0.1) is 14.6 Å². The minimum Gasteiger partial charge on any atom is -0.302 e. The van der Waals surface area contributed by atoms with Gasteiger partial charge in [0.1, 0.15) is 5.52 Å². The molecular weight excluding hydrogens is 527 g/mol. The molecule has 0 aliphatic carbocycles. The van der Waals surface area contributed by atoms with Crippen LogP contribution in [0.15, 0.2) is 47.4 Å². The molecule has 0 spiro atoms. The lowest BCUT2D eigenvalue weighted by molar-refractivity contribution is 0.0983. The van der Waals surface area contributed by atoms with Crippen LogP contribution in [0.3, 0.4) is 0 Å². The van der Waals surface area contributed by atoms with Crippen LogP contribution in [-0.4, -0.2) is 67.8 Å². The summed E-state index contributed by atoms with van der Waals surface area (Å²) in [7, 11) is -3.53. The zero-order chi connectivity index (χ0) is 24.3.